The molecule has 0 amide bonds. The van der Waals surface area contributed by atoms with Crippen LogP contribution in [0.4, 0.5) is 22.0 Å². The van der Waals surface area contributed by atoms with Crippen molar-refractivity contribution in [2.45, 2.75) is 70.9 Å². The van der Waals surface area contributed by atoms with Gasteiger partial charge in [-0.15, -0.1) is 0 Å². The van der Waals surface area contributed by atoms with E-state index in [-0.39, 0.29) is 19.6 Å². The number of carbonyl (C=O) groups is 2. The van der Waals surface area contributed by atoms with E-state index in [0.29, 0.717) is 6.42 Å². The molecule has 0 aromatic heterocycles. The quantitative estimate of drug-likeness (QED) is 0.0722. The fourth-order valence-electron chi connectivity index (χ4n) is 2.79. The van der Waals surface area contributed by atoms with Crippen LogP contribution in [0.1, 0.15) is 58.8 Å². The second-order valence-electron chi connectivity index (χ2n) is 6.37. The summed E-state index contributed by atoms with van der Waals surface area (Å²) in [4.78, 5) is 24.4. The van der Waals surface area contributed by atoms with Crippen molar-refractivity contribution in [2.75, 3.05) is 17.6 Å². The van der Waals surface area contributed by atoms with Crippen molar-refractivity contribution in [3.63, 3.8) is 0 Å². The molecule has 0 saturated heterocycles. The smallest absolute Gasteiger partial charge is 0.453 e. The van der Waals surface area contributed by atoms with Crippen LogP contribution in [0.15, 0.2) is 0 Å². The number of unbranched alkanes of at least 4 members (excludes halogenated alkanes) is 3. The highest BCUT2D eigenvalue weighted by Gasteiger charge is 2.57. The number of carbonyl (C=O) groups excluding carboxylic acids is 2. The molecule has 0 heterocycles. The van der Waals surface area contributed by atoms with Crippen LogP contribution in [0.3, 0.4) is 0 Å². The normalized spacial score (nSPS) is 13.5. The lowest BCUT2D eigenvalue weighted by Crippen LogP contribution is -2.39. The maximum atomic E-state index is 13.4. The lowest BCUT2D eigenvalue weighted by molar-refractivity contribution is -0.285. The van der Waals surface area contributed by atoms with E-state index in [1.54, 1.807) is 0 Å². The van der Waals surface area contributed by atoms with Crippen molar-refractivity contribution in [3.8, 4) is 0 Å². The summed E-state index contributed by atoms with van der Waals surface area (Å²) in [5.74, 6) is -9.30. The average molecular weight is 530 g/mol. The minimum absolute atomic E-state index is 0.0458. The van der Waals surface area contributed by atoms with Crippen molar-refractivity contribution >= 4 is 34.5 Å². The van der Waals surface area contributed by atoms with Crippen LogP contribution in [0.2, 0.25) is 0 Å². The van der Waals surface area contributed by atoms with Gasteiger partial charge >= 0.3 is 24.0 Å². The fourth-order valence-corrected chi connectivity index (χ4v) is 3.33. The van der Waals surface area contributed by atoms with Crippen molar-refractivity contribution in [1.82, 2.24) is 0 Å². The maximum Gasteiger partial charge on any atom is 0.453 e. The summed E-state index contributed by atoms with van der Waals surface area (Å²) in [5, 5.41) is 0. The van der Waals surface area contributed by atoms with Crippen molar-refractivity contribution in [1.29, 1.82) is 0 Å². The second kappa shape index (κ2) is 13.5. The van der Waals surface area contributed by atoms with Crippen LogP contribution in [0.5, 0.6) is 0 Å². The van der Waals surface area contributed by atoms with E-state index in [0.717, 1.165) is 23.7 Å². The zero-order chi connectivity index (χ0) is 21.8. The summed E-state index contributed by atoms with van der Waals surface area (Å²) in [6.45, 7) is 2.93. The first-order valence-electron chi connectivity index (χ1n) is 9.35. The monoisotopic (exact) mass is 530 g/mol. The first-order valence-corrected chi connectivity index (χ1v) is 10.9. The third kappa shape index (κ3) is 9.69. The molecule has 0 aromatic rings. The van der Waals surface area contributed by atoms with Gasteiger partial charge in [-0.1, -0.05) is 41.9 Å². The highest BCUT2D eigenvalue weighted by atomic mass is 127. The molecule has 0 radical (unpaired) electrons. The third-order valence-electron chi connectivity index (χ3n) is 4.25. The van der Waals surface area contributed by atoms with E-state index in [9.17, 15) is 31.5 Å². The van der Waals surface area contributed by atoms with Crippen molar-refractivity contribution < 1.29 is 41.0 Å². The molecule has 0 aliphatic rings. The number of ether oxygens (including phenoxy) is 2. The molecule has 0 bridgehead atoms. The summed E-state index contributed by atoms with van der Waals surface area (Å²) in [6, 6.07) is 0. The van der Waals surface area contributed by atoms with Gasteiger partial charge in [0, 0.05) is 6.42 Å². The van der Waals surface area contributed by atoms with Crippen LogP contribution in [0, 0.1) is 11.8 Å². The van der Waals surface area contributed by atoms with E-state index in [1.807, 2.05) is 0 Å². The van der Waals surface area contributed by atoms with Crippen molar-refractivity contribution in [3.05, 3.63) is 0 Å². The molecule has 0 rings (SSSR count). The van der Waals surface area contributed by atoms with Crippen LogP contribution in [0.25, 0.3) is 0 Å². The van der Waals surface area contributed by atoms with E-state index in [2.05, 4.69) is 22.6 Å². The molecule has 1 unspecified atom stereocenters. The number of alkyl halides is 6. The first kappa shape index (κ1) is 27.3. The topological polar surface area (TPSA) is 52.6 Å². The van der Waals surface area contributed by atoms with Crippen LogP contribution in [-0.4, -0.2) is 41.7 Å². The highest BCUT2D eigenvalue weighted by Crippen LogP contribution is 2.41. The summed E-state index contributed by atoms with van der Waals surface area (Å²) < 4.78 is 74.9. The molecule has 1 atom stereocenters. The molecule has 0 saturated carbocycles. The zero-order valence-corrected chi connectivity index (χ0v) is 18.3. The van der Waals surface area contributed by atoms with E-state index in [4.69, 9.17) is 9.47 Å². The molecule has 28 heavy (non-hydrogen) atoms. The highest BCUT2D eigenvalue weighted by molar-refractivity contribution is 14.1. The summed E-state index contributed by atoms with van der Waals surface area (Å²) in [6.07, 6.45) is -4.58. The number of esters is 2. The van der Waals surface area contributed by atoms with Gasteiger partial charge in [0.15, 0.2) is 5.92 Å². The Bertz CT molecular complexity index is 453. The molecular weight excluding hydrogens is 502 g/mol. The SMILES string of the molecule is CCOC(=O)C(C(=O)OCC)C(CCCCCCI)CCC(F)(F)C(F)(F)F. The summed E-state index contributed by atoms with van der Waals surface area (Å²) >= 11 is 2.22. The molecule has 0 aromatic carbocycles. The molecule has 4 nitrogen and oxygen atoms in total. The Kier molecular flexibility index (Phi) is 13.2. The zero-order valence-electron chi connectivity index (χ0n) is 16.1. The molecule has 0 fully saturated rings. The lowest BCUT2D eigenvalue weighted by atomic mass is 9.83. The number of hydrogen-bond donors (Lipinski definition) is 0. The van der Waals surface area contributed by atoms with Gasteiger partial charge in [0.1, 0.15) is 0 Å². The minimum atomic E-state index is -5.68. The van der Waals surface area contributed by atoms with Gasteiger partial charge < -0.3 is 9.47 Å². The standard InChI is InChI=1S/C18H28F5IO4/c1-3-27-15(25)14(16(26)28-4-2)13(9-7-5-6-8-12-24)10-11-17(19,20)18(21,22)23/h13-14H,3-12H2,1-2H3. The Hall–Kier alpha value is -0.680. The van der Waals surface area contributed by atoms with Gasteiger partial charge in [-0.25, -0.2) is 0 Å². The van der Waals surface area contributed by atoms with Gasteiger partial charge in [-0.3, -0.25) is 9.59 Å². The maximum absolute atomic E-state index is 13.4. The Balaban J connectivity index is 5.36. The van der Waals surface area contributed by atoms with Crippen LogP contribution in [-0.2, 0) is 19.1 Å². The minimum Gasteiger partial charge on any atom is -0.465 e. The molecule has 10 heteroatoms. The lowest BCUT2D eigenvalue weighted by Gasteiger charge is -2.27. The largest absolute Gasteiger partial charge is 0.465 e. The number of halogens is 6. The van der Waals surface area contributed by atoms with Gasteiger partial charge in [-0.2, -0.15) is 22.0 Å². The summed E-state index contributed by atoms with van der Waals surface area (Å²) in [5.41, 5.74) is 0. The van der Waals surface area contributed by atoms with Crippen molar-refractivity contribution in [2.24, 2.45) is 11.8 Å². The predicted molar refractivity (Wildman–Crippen MR) is 102 cm³/mol. The van der Waals surface area contributed by atoms with E-state index in [1.165, 1.54) is 13.8 Å². The Morgan fingerprint density at radius 2 is 1.36 bits per heavy atom. The van der Waals surface area contributed by atoms with E-state index >= 15 is 0 Å². The molecular formula is C18H28F5IO4. The van der Waals surface area contributed by atoms with Gasteiger partial charge in [0.25, 0.3) is 0 Å². The first-order chi connectivity index (χ1) is 13.0. The van der Waals surface area contributed by atoms with Crippen LogP contribution >= 0.6 is 22.6 Å². The molecule has 0 spiro atoms. The molecule has 166 valence electrons. The average Bonchev–Trinajstić information content (AvgIpc) is 2.58. The van der Waals surface area contributed by atoms with Crippen LogP contribution < -0.4 is 0 Å². The predicted octanol–water partition coefficient (Wildman–Crippen LogP) is 5.71. The Morgan fingerprint density at radius 1 is 0.857 bits per heavy atom. The Morgan fingerprint density at radius 3 is 1.79 bits per heavy atom. The third-order valence-corrected chi connectivity index (χ3v) is 5.02. The fraction of sp³-hybridized carbons (Fsp3) is 0.889. The number of rotatable bonds is 14. The number of hydrogen-bond acceptors (Lipinski definition) is 4. The van der Waals surface area contributed by atoms with Gasteiger partial charge in [0.2, 0.25) is 0 Å². The Labute approximate surface area is 176 Å². The van der Waals surface area contributed by atoms with E-state index < -0.39 is 48.7 Å². The molecule has 0 aliphatic carbocycles. The molecule has 0 N–H and O–H groups in total. The van der Waals surface area contributed by atoms with Gasteiger partial charge in [0.05, 0.1) is 13.2 Å². The molecule has 0 aliphatic heterocycles. The summed E-state index contributed by atoms with van der Waals surface area (Å²) in [7, 11) is 0. The van der Waals surface area contributed by atoms with Gasteiger partial charge in [-0.05, 0) is 43.5 Å². The second-order valence-corrected chi connectivity index (χ2v) is 7.45.